The van der Waals surface area contributed by atoms with Crippen molar-refractivity contribution < 1.29 is 27.6 Å². The Hall–Kier alpha value is -1.88. The Bertz CT molecular complexity index is 472. The van der Waals surface area contributed by atoms with E-state index in [4.69, 9.17) is 17.2 Å². The minimum atomic E-state index is -5.11. The topological polar surface area (TPSA) is 153 Å². The van der Waals surface area contributed by atoms with Crippen LogP contribution in [0.4, 0.5) is 13.2 Å². The minimum Gasteiger partial charge on any atom is -0.368 e. The first kappa shape index (κ1) is 22.1. The summed E-state index contributed by atoms with van der Waals surface area (Å²) < 4.78 is 39.9. The van der Waals surface area contributed by atoms with Gasteiger partial charge in [0.15, 0.2) is 0 Å². The van der Waals surface area contributed by atoms with Gasteiger partial charge < -0.3 is 27.8 Å². The summed E-state index contributed by atoms with van der Waals surface area (Å²) in [7, 11) is 0. The minimum absolute atomic E-state index is 0.121. The lowest BCUT2D eigenvalue weighted by Crippen LogP contribution is -2.68. The van der Waals surface area contributed by atoms with E-state index in [1.54, 1.807) is 5.32 Å². The van der Waals surface area contributed by atoms with Gasteiger partial charge in [0, 0.05) is 0 Å². The average molecular weight is 355 g/mol. The van der Waals surface area contributed by atoms with Crippen LogP contribution in [0.3, 0.4) is 0 Å². The Morgan fingerprint density at radius 2 is 1.71 bits per heavy atom. The van der Waals surface area contributed by atoms with Crippen LogP contribution in [0.25, 0.3) is 0 Å². The summed E-state index contributed by atoms with van der Waals surface area (Å²) >= 11 is 0. The Morgan fingerprint density at radius 1 is 1.17 bits per heavy atom. The van der Waals surface area contributed by atoms with Crippen molar-refractivity contribution in [3.05, 3.63) is 0 Å². The highest BCUT2D eigenvalue weighted by molar-refractivity contribution is 5.95. The van der Waals surface area contributed by atoms with Crippen LogP contribution in [0, 0.1) is 0 Å². The van der Waals surface area contributed by atoms with Crippen LogP contribution in [0.5, 0.6) is 0 Å². The molecule has 0 spiro atoms. The molecule has 3 atom stereocenters. The van der Waals surface area contributed by atoms with E-state index in [0.29, 0.717) is 26.3 Å². The molecule has 0 aliphatic heterocycles. The van der Waals surface area contributed by atoms with Gasteiger partial charge in [-0.3, -0.25) is 14.4 Å². The second-order valence-corrected chi connectivity index (χ2v) is 5.60. The van der Waals surface area contributed by atoms with E-state index >= 15 is 0 Å². The maximum atomic E-state index is 13.3. The van der Waals surface area contributed by atoms with Crippen LogP contribution < -0.4 is 27.8 Å². The van der Waals surface area contributed by atoms with Gasteiger partial charge in [-0.1, -0.05) is 6.42 Å². The van der Waals surface area contributed by atoms with Crippen LogP contribution in [0.15, 0.2) is 0 Å². The van der Waals surface area contributed by atoms with Crippen molar-refractivity contribution in [2.24, 2.45) is 17.2 Å². The molecule has 0 unspecified atom stereocenters. The quantitative estimate of drug-likeness (QED) is 0.331. The number of hydrogen-bond acceptors (Lipinski definition) is 5. The predicted octanol–water partition coefficient (Wildman–Crippen LogP) is -1.13. The zero-order chi connectivity index (χ0) is 19.1. The van der Waals surface area contributed by atoms with Crippen molar-refractivity contribution >= 4 is 17.7 Å². The van der Waals surface area contributed by atoms with Crippen molar-refractivity contribution in [1.82, 2.24) is 10.6 Å². The number of unbranched alkanes of at least 4 members (excludes halogenated alkanes) is 1. The van der Waals surface area contributed by atoms with Crippen LogP contribution in [-0.2, 0) is 14.4 Å². The lowest BCUT2D eigenvalue weighted by atomic mass is 9.98. The molecule has 0 saturated heterocycles. The zero-order valence-corrected chi connectivity index (χ0v) is 13.6. The van der Waals surface area contributed by atoms with Crippen LogP contribution in [-0.4, -0.2) is 48.1 Å². The van der Waals surface area contributed by atoms with Gasteiger partial charge in [-0.2, -0.15) is 13.2 Å². The smallest absolute Gasteiger partial charge is 0.368 e. The highest BCUT2D eigenvalue weighted by Crippen LogP contribution is 2.30. The fourth-order valence-corrected chi connectivity index (χ4v) is 1.65. The molecule has 0 aromatic carbocycles. The molecule has 0 aliphatic rings. The number of amides is 3. The Balaban J connectivity index is 5.15. The summed E-state index contributed by atoms with van der Waals surface area (Å²) in [5, 5.41) is 3.44. The molecule has 0 fully saturated rings. The molecule has 0 saturated carbocycles. The number of rotatable bonds is 9. The van der Waals surface area contributed by atoms with Crippen molar-refractivity contribution in [2.45, 2.75) is 56.9 Å². The molecule has 0 heterocycles. The van der Waals surface area contributed by atoms with Crippen LogP contribution >= 0.6 is 0 Å². The molecule has 0 aliphatic carbocycles. The van der Waals surface area contributed by atoms with E-state index in [2.05, 4.69) is 0 Å². The van der Waals surface area contributed by atoms with Crippen molar-refractivity contribution in [2.75, 3.05) is 6.54 Å². The summed E-state index contributed by atoms with van der Waals surface area (Å²) in [4.78, 5) is 34.7. The molecule has 0 radical (unpaired) electrons. The summed E-state index contributed by atoms with van der Waals surface area (Å²) in [5.41, 5.74) is 12.5. The van der Waals surface area contributed by atoms with Crippen molar-refractivity contribution in [3.8, 4) is 0 Å². The van der Waals surface area contributed by atoms with E-state index in [1.165, 1.54) is 0 Å². The molecule has 140 valence electrons. The number of hydrogen-bond donors (Lipinski definition) is 5. The van der Waals surface area contributed by atoms with E-state index in [-0.39, 0.29) is 6.42 Å². The molecule has 8 N–H and O–H groups in total. The van der Waals surface area contributed by atoms with Gasteiger partial charge in [-0.15, -0.1) is 0 Å². The third-order valence-corrected chi connectivity index (χ3v) is 3.47. The maximum Gasteiger partial charge on any atom is 0.420 e. The standard InChI is InChI=1S/C13H24F3N5O3/c1-7(9(19)22)20-11(24)12(2,13(14,15)16)21-10(23)8(18)5-3-4-6-17/h7-8H,3-6,17-18H2,1-2H3,(H2,19,22)(H,20,24)(H,21,23)/t7-,8-,12-/m0/s1. The van der Waals surface area contributed by atoms with Gasteiger partial charge in [0.2, 0.25) is 17.4 Å². The lowest BCUT2D eigenvalue weighted by Gasteiger charge is -2.33. The first-order valence-corrected chi connectivity index (χ1v) is 7.31. The van der Waals surface area contributed by atoms with Gasteiger partial charge in [0.1, 0.15) is 6.04 Å². The molecule has 0 rings (SSSR count). The Labute approximate surface area is 137 Å². The predicted molar refractivity (Wildman–Crippen MR) is 80.3 cm³/mol. The highest BCUT2D eigenvalue weighted by Gasteiger charge is 2.58. The second kappa shape index (κ2) is 8.83. The van der Waals surface area contributed by atoms with Gasteiger partial charge in [-0.05, 0) is 33.2 Å². The number of primary amides is 1. The van der Waals surface area contributed by atoms with E-state index in [9.17, 15) is 27.6 Å². The van der Waals surface area contributed by atoms with Gasteiger partial charge >= 0.3 is 6.18 Å². The number of alkyl halides is 3. The molecular formula is C13H24F3N5O3. The summed E-state index contributed by atoms with van der Waals surface area (Å²) in [5.74, 6) is -3.75. The summed E-state index contributed by atoms with van der Waals surface area (Å²) in [6.45, 7) is 1.97. The van der Waals surface area contributed by atoms with Gasteiger partial charge in [0.25, 0.3) is 5.91 Å². The number of nitrogens with two attached hydrogens (primary N) is 3. The second-order valence-electron chi connectivity index (χ2n) is 5.60. The third kappa shape index (κ3) is 5.96. The maximum absolute atomic E-state index is 13.3. The fourth-order valence-electron chi connectivity index (χ4n) is 1.65. The van der Waals surface area contributed by atoms with Crippen LogP contribution in [0.1, 0.15) is 33.1 Å². The first-order chi connectivity index (χ1) is 10.9. The molecule has 0 aromatic heterocycles. The van der Waals surface area contributed by atoms with Crippen LogP contribution in [0.2, 0.25) is 0 Å². The highest BCUT2D eigenvalue weighted by atomic mass is 19.4. The molecule has 8 nitrogen and oxygen atoms in total. The molecule has 3 amide bonds. The fraction of sp³-hybridized carbons (Fsp3) is 0.769. The van der Waals surface area contributed by atoms with Gasteiger partial charge in [0.05, 0.1) is 6.04 Å². The first-order valence-electron chi connectivity index (χ1n) is 7.31. The normalized spacial score (nSPS) is 16.6. The Kier molecular flexibility index (Phi) is 8.14. The Morgan fingerprint density at radius 3 is 2.12 bits per heavy atom. The van der Waals surface area contributed by atoms with E-state index < -0.39 is 41.5 Å². The largest absolute Gasteiger partial charge is 0.420 e. The molecule has 11 heteroatoms. The molecule has 0 aromatic rings. The number of halogens is 3. The molecule has 0 bridgehead atoms. The monoisotopic (exact) mass is 355 g/mol. The lowest BCUT2D eigenvalue weighted by molar-refractivity contribution is -0.198. The van der Waals surface area contributed by atoms with E-state index in [1.807, 2.05) is 5.32 Å². The number of carbonyl (C=O) groups excluding carboxylic acids is 3. The van der Waals surface area contributed by atoms with E-state index in [0.717, 1.165) is 6.92 Å². The SMILES string of the molecule is C[C@H](NC(=O)[C@](C)(NC(=O)[C@@H](N)CCCCN)C(F)(F)F)C(N)=O. The number of nitrogens with one attached hydrogen (secondary N) is 2. The zero-order valence-electron chi connectivity index (χ0n) is 13.6. The van der Waals surface area contributed by atoms with Crippen molar-refractivity contribution in [1.29, 1.82) is 0 Å². The van der Waals surface area contributed by atoms with Crippen molar-refractivity contribution in [3.63, 3.8) is 0 Å². The summed E-state index contributed by atoms with van der Waals surface area (Å²) in [6.07, 6.45) is -3.97. The molecule has 24 heavy (non-hydrogen) atoms. The van der Waals surface area contributed by atoms with Gasteiger partial charge in [-0.25, -0.2) is 0 Å². The molecular weight excluding hydrogens is 331 g/mol. The summed E-state index contributed by atoms with van der Waals surface area (Å²) in [6, 6.07) is -2.56. The average Bonchev–Trinajstić information content (AvgIpc) is 2.45. The third-order valence-electron chi connectivity index (χ3n) is 3.47. The number of carbonyl (C=O) groups is 3.